The first-order valence-corrected chi connectivity index (χ1v) is 5.28. The van der Waals surface area contributed by atoms with Gasteiger partial charge in [-0.25, -0.2) is 0 Å². The van der Waals surface area contributed by atoms with Crippen molar-refractivity contribution in [3.8, 4) is 0 Å². The Kier molecular flexibility index (Phi) is 1.38. The zero-order chi connectivity index (χ0) is 9.00. The predicted octanol–water partition coefficient (Wildman–Crippen LogP) is 1.94. The first-order valence-electron chi connectivity index (χ1n) is 5.28. The fraction of sp³-hybridized carbons (Fsp3) is 0.727. The molecule has 2 nitrogen and oxygen atoms in total. The van der Waals surface area contributed by atoms with E-state index in [2.05, 4.69) is 24.4 Å². The highest BCUT2D eigenvalue weighted by atomic mass is 15.3. The molecule has 0 aromatic rings. The van der Waals surface area contributed by atoms with E-state index in [1.54, 1.807) is 11.1 Å². The van der Waals surface area contributed by atoms with Crippen molar-refractivity contribution >= 4 is 5.71 Å². The van der Waals surface area contributed by atoms with Crippen LogP contribution in [-0.2, 0) is 0 Å². The Morgan fingerprint density at radius 2 is 2.23 bits per heavy atom. The molecule has 1 saturated carbocycles. The molecule has 1 fully saturated rings. The van der Waals surface area contributed by atoms with E-state index in [0.29, 0.717) is 0 Å². The highest BCUT2D eigenvalue weighted by Crippen LogP contribution is 2.52. The van der Waals surface area contributed by atoms with Crippen LogP contribution in [0.1, 0.15) is 26.7 Å². The Bertz CT molecular complexity index is 314. The second-order valence-corrected chi connectivity index (χ2v) is 4.72. The molecule has 0 amide bonds. The van der Waals surface area contributed by atoms with Crippen LogP contribution < -0.4 is 5.43 Å². The highest BCUT2D eigenvalue weighted by molar-refractivity contribution is 6.00. The standard InChI is InChI=1S/C11H16N2/c1-6-3-8-4-9(6)11-7(2)13-12-5-10(8)11/h6,8-9,12H,3-5H2,1-2H3. The van der Waals surface area contributed by atoms with Crippen LogP contribution in [0.25, 0.3) is 0 Å². The molecule has 0 spiro atoms. The fourth-order valence-corrected chi connectivity index (χ4v) is 3.44. The summed E-state index contributed by atoms with van der Waals surface area (Å²) in [4.78, 5) is 0. The maximum absolute atomic E-state index is 4.33. The molecule has 1 aliphatic heterocycles. The van der Waals surface area contributed by atoms with E-state index in [4.69, 9.17) is 0 Å². The summed E-state index contributed by atoms with van der Waals surface area (Å²) in [6.45, 7) is 5.55. The number of nitrogens with zero attached hydrogens (tertiary/aromatic N) is 1. The zero-order valence-corrected chi connectivity index (χ0v) is 8.30. The van der Waals surface area contributed by atoms with Crippen molar-refractivity contribution in [2.45, 2.75) is 26.7 Å². The normalized spacial score (nSPS) is 41.7. The molecule has 3 rings (SSSR count). The van der Waals surface area contributed by atoms with E-state index in [0.717, 1.165) is 24.3 Å². The van der Waals surface area contributed by atoms with Gasteiger partial charge in [0, 0.05) is 0 Å². The van der Waals surface area contributed by atoms with E-state index in [-0.39, 0.29) is 0 Å². The van der Waals surface area contributed by atoms with E-state index in [9.17, 15) is 0 Å². The van der Waals surface area contributed by atoms with Gasteiger partial charge in [0.1, 0.15) is 0 Å². The molecule has 1 N–H and O–H groups in total. The molecule has 13 heavy (non-hydrogen) atoms. The van der Waals surface area contributed by atoms with Gasteiger partial charge < -0.3 is 5.43 Å². The van der Waals surface area contributed by atoms with Crippen LogP contribution in [0.5, 0.6) is 0 Å². The molecule has 3 aliphatic rings. The van der Waals surface area contributed by atoms with Gasteiger partial charge in [0.2, 0.25) is 0 Å². The zero-order valence-electron chi connectivity index (χ0n) is 8.30. The summed E-state index contributed by atoms with van der Waals surface area (Å²) < 4.78 is 0. The van der Waals surface area contributed by atoms with E-state index >= 15 is 0 Å². The molecule has 3 atom stereocenters. The van der Waals surface area contributed by atoms with Gasteiger partial charge in [-0.05, 0) is 48.7 Å². The lowest BCUT2D eigenvalue weighted by Crippen LogP contribution is -2.27. The number of allylic oxidation sites excluding steroid dienone is 1. The fourth-order valence-electron chi connectivity index (χ4n) is 3.44. The van der Waals surface area contributed by atoms with Crippen molar-refractivity contribution < 1.29 is 0 Å². The van der Waals surface area contributed by atoms with Crippen molar-refractivity contribution in [3.05, 3.63) is 11.1 Å². The quantitative estimate of drug-likeness (QED) is 0.599. The van der Waals surface area contributed by atoms with Crippen LogP contribution in [0.15, 0.2) is 16.2 Å². The van der Waals surface area contributed by atoms with Crippen molar-refractivity contribution in [3.63, 3.8) is 0 Å². The van der Waals surface area contributed by atoms with Gasteiger partial charge in [-0.15, -0.1) is 0 Å². The predicted molar refractivity (Wildman–Crippen MR) is 53.5 cm³/mol. The molecule has 0 saturated heterocycles. The van der Waals surface area contributed by atoms with E-state index < -0.39 is 0 Å². The van der Waals surface area contributed by atoms with E-state index in [1.165, 1.54) is 18.6 Å². The maximum Gasteiger partial charge on any atom is 0.0607 e. The summed E-state index contributed by atoms with van der Waals surface area (Å²) in [5, 5.41) is 4.33. The molecular weight excluding hydrogens is 160 g/mol. The smallest absolute Gasteiger partial charge is 0.0607 e. The minimum Gasteiger partial charge on any atom is -0.306 e. The third kappa shape index (κ3) is 0.862. The minimum absolute atomic E-state index is 0.839. The first-order chi connectivity index (χ1) is 6.27. The van der Waals surface area contributed by atoms with Gasteiger partial charge in [0.15, 0.2) is 0 Å². The Balaban J connectivity index is 2.07. The average molecular weight is 176 g/mol. The van der Waals surface area contributed by atoms with Crippen molar-refractivity contribution in [2.75, 3.05) is 6.54 Å². The first kappa shape index (κ1) is 7.60. The van der Waals surface area contributed by atoms with Crippen LogP contribution in [0.4, 0.5) is 0 Å². The number of fused-ring (bicyclic) bond motifs is 4. The molecule has 1 heterocycles. The summed E-state index contributed by atoms with van der Waals surface area (Å²) in [6.07, 6.45) is 2.82. The lowest BCUT2D eigenvalue weighted by atomic mass is 9.82. The van der Waals surface area contributed by atoms with Gasteiger partial charge >= 0.3 is 0 Å². The number of hydrazone groups is 1. The molecule has 0 radical (unpaired) electrons. The van der Waals surface area contributed by atoms with Gasteiger partial charge in [0.25, 0.3) is 0 Å². The number of hydrogen-bond acceptors (Lipinski definition) is 2. The van der Waals surface area contributed by atoms with Gasteiger partial charge in [0.05, 0.1) is 12.3 Å². The Morgan fingerprint density at radius 3 is 3.08 bits per heavy atom. The molecular formula is C11H16N2. The second-order valence-electron chi connectivity index (χ2n) is 4.72. The van der Waals surface area contributed by atoms with Crippen LogP contribution in [0.3, 0.4) is 0 Å². The molecule has 2 aliphatic carbocycles. The van der Waals surface area contributed by atoms with Gasteiger partial charge in [-0.2, -0.15) is 5.10 Å². The molecule has 0 aromatic heterocycles. The van der Waals surface area contributed by atoms with Crippen LogP contribution in [-0.4, -0.2) is 12.3 Å². The summed E-state index contributed by atoms with van der Waals surface area (Å²) >= 11 is 0. The summed E-state index contributed by atoms with van der Waals surface area (Å²) in [5.74, 6) is 2.62. The third-order valence-electron chi connectivity index (χ3n) is 4.00. The topological polar surface area (TPSA) is 24.4 Å². The maximum atomic E-state index is 4.33. The molecule has 2 heteroatoms. The monoisotopic (exact) mass is 176 g/mol. The second kappa shape index (κ2) is 2.37. The lowest BCUT2D eigenvalue weighted by Gasteiger charge is -2.27. The lowest BCUT2D eigenvalue weighted by molar-refractivity contribution is 0.466. The molecule has 70 valence electrons. The Hall–Kier alpha value is -0.790. The van der Waals surface area contributed by atoms with Crippen molar-refractivity contribution in [2.24, 2.45) is 22.9 Å². The van der Waals surface area contributed by atoms with Crippen molar-refractivity contribution in [1.82, 2.24) is 5.43 Å². The summed E-state index contributed by atoms with van der Waals surface area (Å²) in [5.41, 5.74) is 7.68. The van der Waals surface area contributed by atoms with Gasteiger partial charge in [-0.1, -0.05) is 6.92 Å². The number of rotatable bonds is 0. The summed E-state index contributed by atoms with van der Waals surface area (Å²) in [7, 11) is 0. The largest absolute Gasteiger partial charge is 0.306 e. The van der Waals surface area contributed by atoms with Gasteiger partial charge in [-0.3, -0.25) is 0 Å². The third-order valence-corrected chi connectivity index (χ3v) is 4.00. The van der Waals surface area contributed by atoms with Crippen LogP contribution in [0, 0.1) is 17.8 Å². The molecule has 2 bridgehead atoms. The number of nitrogens with one attached hydrogen (secondary N) is 1. The summed E-state index contributed by atoms with van der Waals surface area (Å²) in [6, 6.07) is 0. The Morgan fingerprint density at radius 1 is 1.38 bits per heavy atom. The van der Waals surface area contributed by atoms with Crippen LogP contribution >= 0.6 is 0 Å². The minimum atomic E-state index is 0.839. The SMILES string of the molecule is CC1=NNCC2=C1C1CC2CC1C. The highest BCUT2D eigenvalue weighted by Gasteiger charge is 2.44. The Labute approximate surface area is 79.1 Å². The molecule has 3 unspecified atom stereocenters. The molecule has 0 aromatic carbocycles. The van der Waals surface area contributed by atoms with Crippen LogP contribution in [0.2, 0.25) is 0 Å². The van der Waals surface area contributed by atoms with E-state index in [1.807, 2.05) is 0 Å². The number of hydrogen-bond donors (Lipinski definition) is 1. The van der Waals surface area contributed by atoms with Crippen molar-refractivity contribution in [1.29, 1.82) is 0 Å². The average Bonchev–Trinajstić information content (AvgIpc) is 2.62.